The number of amides is 4. The van der Waals surface area contributed by atoms with Crippen molar-refractivity contribution in [2.24, 2.45) is 5.92 Å². The molecule has 0 unspecified atom stereocenters. The third-order valence-electron chi connectivity index (χ3n) is 8.07. The fourth-order valence-corrected chi connectivity index (χ4v) is 5.82. The van der Waals surface area contributed by atoms with Crippen molar-refractivity contribution in [2.45, 2.75) is 104 Å². The van der Waals surface area contributed by atoms with E-state index in [2.05, 4.69) is 26.1 Å². The van der Waals surface area contributed by atoms with Crippen molar-refractivity contribution < 1.29 is 33.8 Å². The van der Waals surface area contributed by atoms with E-state index in [1.807, 2.05) is 56.3 Å². The zero-order valence-corrected chi connectivity index (χ0v) is 28.1. The van der Waals surface area contributed by atoms with E-state index in [9.17, 15) is 24.3 Å². The lowest BCUT2D eigenvalue weighted by Gasteiger charge is -2.36. The van der Waals surface area contributed by atoms with Crippen molar-refractivity contribution in [1.82, 2.24) is 20.2 Å². The van der Waals surface area contributed by atoms with Crippen LogP contribution < -0.4 is 5.32 Å². The van der Waals surface area contributed by atoms with Crippen LogP contribution in [-0.2, 0) is 26.3 Å². The van der Waals surface area contributed by atoms with E-state index < -0.39 is 53.8 Å². The van der Waals surface area contributed by atoms with Gasteiger partial charge in [0.15, 0.2) is 0 Å². The molecule has 0 radical (unpaired) electrons. The van der Waals surface area contributed by atoms with Crippen LogP contribution in [0.3, 0.4) is 0 Å². The van der Waals surface area contributed by atoms with Crippen molar-refractivity contribution in [2.75, 3.05) is 13.1 Å². The van der Waals surface area contributed by atoms with Gasteiger partial charge in [0.05, 0.1) is 25.2 Å². The molecule has 0 saturated carbocycles. The number of rotatable bonds is 7. The summed E-state index contributed by atoms with van der Waals surface area (Å²) < 4.78 is 11.2. The predicted octanol–water partition coefficient (Wildman–Crippen LogP) is 4.87. The number of carbonyl (C=O) groups is 4. The Kier molecular flexibility index (Phi) is 10.4. The summed E-state index contributed by atoms with van der Waals surface area (Å²) >= 11 is 0. The molecule has 2 heterocycles. The summed E-state index contributed by atoms with van der Waals surface area (Å²) in [6.45, 7) is 15.1. The molecule has 2 saturated heterocycles. The number of aliphatic hydroxyl groups is 1. The van der Waals surface area contributed by atoms with Gasteiger partial charge >= 0.3 is 12.2 Å². The van der Waals surface area contributed by atoms with E-state index in [1.54, 1.807) is 32.9 Å². The molecule has 11 heteroatoms. The first kappa shape index (κ1) is 34.7. The summed E-state index contributed by atoms with van der Waals surface area (Å²) in [5, 5.41) is 16.5. The van der Waals surface area contributed by atoms with Crippen LogP contribution in [-0.4, -0.2) is 86.9 Å². The molecule has 2 N–H and O–H groups in total. The molecule has 4 amide bonds. The minimum atomic E-state index is -1.17. The maximum absolute atomic E-state index is 14.4. The van der Waals surface area contributed by atoms with Gasteiger partial charge in [-0.1, -0.05) is 77.1 Å². The van der Waals surface area contributed by atoms with Gasteiger partial charge in [0.1, 0.15) is 24.3 Å². The number of nitrogens with zero attached hydrogens (tertiary/aromatic N) is 3. The third-order valence-corrected chi connectivity index (χ3v) is 8.07. The highest BCUT2D eigenvalue weighted by Gasteiger charge is 2.58. The van der Waals surface area contributed by atoms with Gasteiger partial charge in [0.2, 0.25) is 0 Å². The minimum Gasteiger partial charge on any atom is -0.445 e. The molecule has 2 aromatic carbocycles. The van der Waals surface area contributed by atoms with Gasteiger partial charge < -0.3 is 19.9 Å². The molecule has 2 aliphatic heterocycles. The maximum atomic E-state index is 14.4. The van der Waals surface area contributed by atoms with Crippen LogP contribution in [0, 0.1) is 5.92 Å². The summed E-state index contributed by atoms with van der Waals surface area (Å²) in [4.78, 5) is 56.0. The number of fused-ring (bicyclic) bond motifs is 1. The number of benzene rings is 2. The fraction of sp³-hybridized carbons (Fsp3) is 0.543. The lowest BCUT2D eigenvalue weighted by Crippen LogP contribution is -2.58. The average Bonchev–Trinajstić information content (AvgIpc) is 3.52. The highest BCUT2D eigenvalue weighted by molar-refractivity contribution is 5.98. The molecule has 4 atom stereocenters. The number of carbonyl (C=O) groups excluding carboxylic acids is 4. The minimum absolute atomic E-state index is 0.00357. The van der Waals surface area contributed by atoms with Crippen LogP contribution in [0.4, 0.5) is 9.59 Å². The van der Waals surface area contributed by atoms with Crippen LogP contribution >= 0.6 is 0 Å². The van der Waals surface area contributed by atoms with Crippen molar-refractivity contribution in [3.8, 4) is 0 Å². The standard InChI is InChI=1S/C35H48N4O7/c1-22(2)18-26(36-30(41)24-14-16-25(17-15-24)34(3,4)5)31(42)39-29-27(19-38(39)33(44)46-35(6,7)8)37(20-28(29)40)32(43)45-21-23-12-10-9-11-13-23/h9-17,22,26-29,40H,18-21H2,1-8H3,(H,36,41)/t26-,27+,28-,29-/m0/s1. The Hall–Kier alpha value is -4.12. The Bertz CT molecular complexity index is 1400. The number of aliphatic hydroxyl groups excluding tert-OH is 1. The molecule has 2 aromatic rings. The molecule has 0 bridgehead atoms. The van der Waals surface area contributed by atoms with E-state index in [-0.39, 0.29) is 37.5 Å². The Morgan fingerprint density at radius 1 is 0.913 bits per heavy atom. The summed E-state index contributed by atoms with van der Waals surface area (Å²) in [6.07, 6.45) is -2.36. The monoisotopic (exact) mass is 636 g/mol. The third kappa shape index (κ3) is 8.17. The topological polar surface area (TPSA) is 129 Å². The summed E-state index contributed by atoms with van der Waals surface area (Å²) in [7, 11) is 0. The molecule has 0 spiro atoms. The zero-order chi connectivity index (χ0) is 34.0. The highest BCUT2D eigenvalue weighted by atomic mass is 16.6. The number of β-amino-alcohol motifs (C(OH)–C–C–N with tert-alkyl or cyclic N) is 1. The second-order valence-electron chi connectivity index (χ2n) is 14.5. The van der Waals surface area contributed by atoms with Crippen LogP contribution in [0.25, 0.3) is 0 Å². The van der Waals surface area contributed by atoms with E-state index >= 15 is 0 Å². The highest BCUT2D eigenvalue weighted by Crippen LogP contribution is 2.34. The molecule has 2 fully saturated rings. The zero-order valence-electron chi connectivity index (χ0n) is 28.1. The second kappa shape index (κ2) is 13.7. The number of hydrogen-bond donors (Lipinski definition) is 2. The molecular formula is C35H48N4O7. The molecule has 2 aliphatic rings. The van der Waals surface area contributed by atoms with Crippen molar-refractivity contribution in [1.29, 1.82) is 0 Å². The largest absolute Gasteiger partial charge is 0.445 e. The summed E-state index contributed by atoms with van der Waals surface area (Å²) in [6, 6.07) is 13.7. The number of hydrazine groups is 1. The van der Waals surface area contributed by atoms with Gasteiger partial charge in [0.25, 0.3) is 11.8 Å². The lowest BCUT2D eigenvalue weighted by atomic mass is 9.86. The Labute approximate surface area is 271 Å². The van der Waals surface area contributed by atoms with Gasteiger partial charge in [-0.15, -0.1) is 0 Å². The van der Waals surface area contributed by atoms with Crippen LogP contribution in [0.1, 0.15) is 83.3 Å². The van der Waals surface area contributed by atoms with Gasteiger partial charge in [-0.3, -0.25) is 14.5 Å². The van der Waals surface area contributed by atoms with Crippen LogP contribution in [0.2, 0.25) is 0 Å². The molecule has 46 heavy (non-hydrogen) atoms. The van der Waals surface area contributed by atoms with Gasteiger partial charge in [-0.05, 0) is 61.8 Å². The normalized spacial score (nSPS) is 20.4. The van der Waals surface area contributed by atoms with Crippen LogP contribution in [0.15, 0.2) is 54.6 Å². The number of likely N-dealkylation sites (tertiary alicyclic amines) is 1. The number of nitrogens with one attached hydrogen (secondary N) is 1. The SMILES string of the molecule is CC(C)C[C@H](NC(=O)c1ccc(C(C)(C)C)cc1)C(=O)N1[C@H]2[C@@H](CN1C(=O)OC(C)(C)C)N(C(=O)OCc1ccccc1)C[C@@H]2O. The first-order valence-corrected chi connectivity index (χ1v) is 15.9. The van der Waals surface area contributed by atoms with E-state index in [0.717, 1.165) is 16.1 Å². The first-order chi connectivity index (χ1) is 21.5. The van der Waals surface area contributed by atoms with Crippen molar-refractivity contribution >= 4 is 24.0 Å². The molecule has 250 valence electrons. The predicted molar refractivity (Wildman–Crippen MR) is 173 cm³/mol. The van der Waals surface area contributed by atoms with E-state index in [0.29, 0.717) is 5.56 Å². The average molecular weight is 637 g/mol. The Morgan fingerprint density at radius 3 is 2.11 bits per heavy atom. The number of ether oxygens (including phenoxy) is 2. The Morgan fingerprint density at radius 2 is 1.54 bits per heavy atom. The lowest BCUT2D eigenvalue weighted by molar-refractivity contribution is -0.152. The summed E-state index contributed by atoms with van der Waals surface area (Å²) in [5.74, 6) is -1.01. The molecular weight excluding hydrogens is 588 g/mol. The Balaban J connectivity index is 1.61. The fourth-order valence-electron chi connectivity index (χ4n) is 5.82. The molecule has 11 nitrogen and oxygen atoms in total. The van der Waals surface area contributed by atoms with Crippen LogP contribution in [0.5, 0.6) is 0 Å². The van der Waals surface area contributed by atoms with Gasteiger partial charge in [-0.25, -0.2) is 19.6 Å². The van der Waals surface area contributed by atoms with E-state index in [1.165, 1.54) is 9.91 Å². The van der Waals surface area contributed by atoms with Gasteiger partial charge in [-0.2, -0.15) is 0 Å². The van der Waals surface area contributed by atoms with Gasteiger partial charge in [0, 0.05) is 5.56 Å². The maximum Gasteiger partial charge on any atom is 0.429 e. The second-order valence-corrected chi connectivity index (χ2v) is 14.5. The first-order valence-electron chi connectivity index (χ1n) is 15.9. The molecule has 0 aromatic heterocycles. The quantitative estimate of drug-likeness (QED) is 0.444. The number of hydrogen-bond acceptors (Lipinski definition) is 7. The van der Waals surface area contributed by atoms with E-state index in [4.69, 9.17) is 9.47 Å². The van der Waals surface area contributed by atoms with Crippen molar-refractivity contribution in [3.05, 3.63) is 71.3 Å². The molecule has 4 rings (SSSR count). The summed E-state index contributed by atoms with van der Waals surface area (Å²) in [5.41, 5.74) is 1.29. The smallest absolute Gasteiger partial charge is 0.429 e. The molecule has 0 aliphatic carbocycles. The van der Waals surface area contributed by atoms with Crippen molar-refractivity contribution in [3.63, 3.8) is 0 Å².